The van der Waals surface area contributed by atoms with E-state index in [2.05, 4.69) is 60.4 Å². The zero-order valence-electron chi connectivity index (χ0n) is 18.4. The van der Waals surface area contributed by atoms with Crippen molar-refractivity contribution in [3.05, 3.63) is 106 Å². The molecule has 32 heavy (non-hydrogen) atoms. The van der Waals surface area contributed by atoms with E-state index in [1.165, 1.54) is 45.5 Å². The zero-order chi connectivity index (χ0) is 22.3. The van der Waals surface area contributed by atoms with E-state index in [1.807, 2.05) is 0 Å². The molecule has 5 rings (SSSR count). The fourth-order valence-electron chi connectivity index (χ4n) is 5.03. The number of aryl methyl sites for hydroxylation is 4. The van der Waals surface area contributed by atoms with Gasteiger partial charge in [0.15, 0.2) is 0 Å². The molecule has 1 heterocycles. The number of nitrogens with zero attached hydrogens (tertiary/aromatic N) is 2. The Bertz CT molecular complexity index is 1220. The molecule has 0 saturated carbocycles. The van der Waals surface area contributed by atoms with Gasteiger partial charge in [0.2, 0.25) is 11.8 Å². The van der Waals surface area contributed by atoms with E-state index in [4.69, 9.17) is 10.2 Å². The van der Waals surface area contributed by atoms with Gasteiger partial charge >= 0.3 is 0 Å². The molecular formula is C27H26FN3O. The quantitative estimate of drug-likeness (QED) is 0.482. The number of halogens is 1. The van der Waals surface area contributed by atoms with E-state index in [9.17, 15) is 4.39 Å². The summed E-state index contributed by atoms with van der Waals surface area (Å²) in [5.74, 6) is 0.604. The fraction of sp³-hybridized carbons (Fsp3) is 0.259. The first-order valence-corrected chi connectivity index (χ1v) is 11.0. The van der Waals surface area contributed by atoms with Gasteiger partial charge in [-0.3, -0.25) is 0 Å². The van der Waals surface area contributed by atoms with Gasteiger partial charge in [-0.25, -0.2) is 4.39 Å². The van der Waals surface area contributed by atoms with Gasteiger partial charge in [-0.05, 0) is 86.2 Å². The molecule has 0 fully saturated rings. The van der Waals surface area contributed by atoms with Crippen LogP contribution in [0, 0.1) is 19.7 Å². The molecule has 0 unspecified atom stereocenters. The fourth-order valence-corrected chi connectivity index (χ4v) is 5.03. The second-order valence-corrected chi connectivity index (χ2v) is 8.68. The first-order valence-electron chi connectivity index (χ1n) is 11.0. The lowest BCUT2D eigenvalue weighted by Crippen LogP contribution is -2.34. The van der Waals surface area contributed by atoms with Gasteiger partial charge in [-0.15, -0.1) is 10.2 Å². The van der Waals surface area contributed by atoms with Crippen LogP contribution in [0.3, 0.4) is 0 Å². The van der Waals surface area contributed by atoms with Crippen molar-refractivity contribution >= 4 is 0 Å². The molecule has 0 aliphatic heterocycles. The Hall–Kier alpha value is -3.31. The third-order valence-corrected chi connectivity index (χ3v) is 6.51. The molecule has 0 bridgehead atoms. The SMILES string of the molecule is Cc1ccc2c(c1)CCc1cc(C)ccc1C2(CCN)c1nnc(-c2ccc(F)cc2)o1. The van der Waals surface area contributed by atoms with Gasteiger partial charge in [-0.1, -0.05) is 47.5 Å². The van der Waals surface area contributed by atoms with Crippen LogP contribution < -0.4 is 5.73 Å². The molecule has 5 heteroatoms. The summed E-state index contributed by atoms with van der Waals surface area (Å²) < 4.78 is 19.8. The summed E-state index contributed by atoms with van der Waals surface area (Å²) in [6, 6.07) is 19.3. The molecule has 4 nitrogen and oxygen atoms in total. The van der Waals surface area contributed by atoms with E-state index in [-0.39, 0.29) is 5.82 Å². The maximum Gasteiger partial charge on any atom is 0.247 e. The van der Waals surface area contributed by atoms with E-state index in [0.717, 1.165) is 12.8 Å². The van der Waals surface area contributed by atoms with E-state index in [0.29, 0.717) is 30.3 Å². The molecule has 1 aromatic heterocycles. The maximum absolute atomic E-state index is 13.4. The summed E-state index contributed by atoms with van der Waals surface area (Å²) in [4.78, 5) is 0. The van der Waals surface area contributed by atoms with Crippen LogP contribution in [0.25, 0.3) is 11.5 Å². The van der Waals surface area contributed by atoms with Crippen LogP contribution in [0.5, 0.6) is 0 Å². The highest BCUT2D eigenvalue weighted by Gasteiger charge is 2.45. The third kappa shape index (κ3) is 3.33. The number of hydrogen-bond donors (Lipinski definition) is 1. The third-order valence-electron chi connectivity index (χ3n) is 6.51. The summed E-state index contributed by atoms with van der Waals surface area (Å²) >= 11 is 0. The summed E-state index contributed by atoms with van der Waals surface area (Å²) in [6.07, 6.45) is 2.53. The number of aromatic nitrogens is 2. The van der Waals surface area contributed by atoms with Crippen molar-refractivity contribution in [1.82, 2.24) is 10.2 Å². The first-order chi connectivity index (χ1) is 15.5. The molecule has 0 atom stereocenters. The minimum atomic E-state index is -0.636. The van der Waals surface area contributed by atoms with Crippen molar-refractivity contribution in [3.63, 3.8) is 0 Å². The van der Waals surface area contributed by atoms with E-state index in [1.54, 1.807) is 12.1 Å². The molecule has 1 aliphatic rings. The predicted octanol–water partition coefficient (Wildman–Crippen LogP) is 5.27. The van der Waals surface area contributed by atoms with Crippen LogP contribution in [-0.4, -0.2) is 16.7 Å². The standard InChI is InChI=1S/C27H26FN3O/c1-17-3-11-23-20(15-17)5-6-21-16-18(2)4-12-24(21)27(23,13-14-29)26-31-30-25(32-26)19-7-9-22(28)10-8-19/h3-4,7-12,15-16H,5-6,13-14,29H2,1-2H3. The van der Waals surface area contributed by atoms with Crippen molar-refractivity contribution in [2.45, 2.75) is 38.5 Å². The Morgan fingerprint density at radius 3 is 2.03 bits per heavy atom. The summed E-state index contributed by atoms with van der Waals surface area (Å²) in [5, 5.41) is 8.90. The van der Waals surface area contributed by atoms with Crippen molar-refractivity contribution in [2.75, 3.05) is 6.54 Å². The van der Waals surface area contributed by atoms with Gasteiger partial charge in [0, 0.05) is 5.56 Å². The van der Waals surface area contributed by atoms with Crippen molar-refractivity contribution in [3.8, 4) is 11.5 Å². The molecular weight excluding hydrogens is 401 g/mol. The van der Waals surface area contributed by atoms with Gasteiger partial charge in [0.05, 0.1) is 0 Å². The molecule has 162 valence electrons. The number of nitrogens with two attached hydrogens (primary N) is 1. The number of fused-ring (bicyclic) bond motifs is 2. The number of rotatable bonds is 4. The normalized spacial score (nSPS) is 14.5. The van der Waals surface area contributed by atoms with Crippen molar-refractivity contribution in [1.29, 1.82) is 0 Å². The largest absolute Gasteiger partial charge is 0.419 e. The minimum absolute atomic E-state index is 0.301. The van der Waals surface area contributed by atoms with Gasteiger partial charge in [0.25, 0.3) is 0 Å². The number of hydrogen-bond acceptors (Lipinski definition) is 4. The zero-order valence-corrected chi connectivity index (χ0v) is 18.4. The summed E-state index contributed by atoms with van der Waals surface area (Å²) in [7, 11) is 0. The monoisotopic (exact) mass is 427 g/mol. The average Bonchev–Trinajstić information content (AvgIpc) is 3.23. The lowest BCUT2D eigenvalue weighted by molar-refractivity contribution is 0.402. The van der Waals surface area contributed by atoms with Gasteiger partial charge in [0.1, 0.15) is 11.2 Å². The van der Waals surface area contributed by atoms with Crippen LogP contribution in [0.2, 0.25) is 0 Å². The second-order valence-electron chi connectivity index (χ2n) is 8.68. The highest BCUT2D eigenvalue weighted by molar-refractivity contribution is 5.57. The Labute approximate surface area is 187 Å². The molecule has 0 amide bonds. The Morgan fingerprint density at radius 2 is 1.47 bits per heavy atom. The van der Waals surface area contributed by atoms with Gasteiger partial charge in [-0.2, -0.15) is 0 Å². The van der Waals surface area contributed by atoms with Crippen LogP contribution in [0.1, 0.15) is 45.7 Å². The smallest absolute Gasteiger partial charge is 0.247 e. The Kier molecular flexibility index (Phi) is 5.14. The Balaban J connectivity index is 1.78. The number of benzene rings is 3. The van der Waals surface area contributed by atoms with E-state index >= 15 is 0 Å². The van der Waals surface area contributed by atoms with Crippen LogP contribution in [0.4, 0.5) is 4.39 Å². The average molecular weight is 428 g/mol. The summed E-state index contributed by atoms with van der Waals surface area (Å²) in [6.45, 7) is 4.70. The lowest BCUT2D eigenvalue weighted by Gasteiger charge is -2.33. The molecule has 0 saturated heterocycles. The summed E-state index contributed by atoms with van der Waals surface area (Å²) in [5.41, 5.74) is 13.6. The second kappa shape index (κ2) is 7.99. The van der Waals surface area contributed by atoms with Crippen LogP contribution in [0.15, 0.2) is 65.1 Å². The molecule has 3 aromatic carbocycles. The van der Waals surface area contributed by atoms with Gasteiger partial charge < -0.3 is 10.2 Å². The molecule has 0 spiro atoms. The topological polar surface area (TPSA) is 64.9 Å². The highest BCUT2D eigenvalue weighted by atomic mass is 19.1. The molecule has 4 aromatic rings. The first kappa shape index (κ1) is 20.6. The maximum atomic E-state index is 13.4. The minimum Gasteiger partial charge on any atom is -0.419 e. The molecule has 1 aliphatic carbocycles. The predicted molar refractivity (Wildman–Crippen MR) is 123 cm³/mol. The molecule has 0 radical (unpaired) electrons. The molecule has 2 N–H and O–H groups in total. The van der Waals surface area contributed by atoms with Crippen LogP contribution in [-0.2, 0) is 18.3 Å². The highest BCUT2D eigenvalue weighted by Crippen LogP contribution is 2.47. The van der Waals surface area contributed by atoms with Crippen molar-refractivity contribution in [2.24, 2.45) is 5.73 Å². The Morgan fingerprint density at radius 1 is 0.875 bits per heavy atom. The van der Waals surface area contributed by atoms with Crippen LogP contribution >= 0.6 is 0 Å². The van der Waals surface area contributed by atoms with E-state index < -0.39 is 5.41 Å². The van der Waals surface area contributed by atoms with Crippen molar-refractivity contribution < 1.29 is 8.81 Å². The lowest BCUT2D eigenvalue weighted by atomic mass is 9.69.